The summed E-state index contributed by atoms with van der Waals surface area (Å²) in [4.78, 5) is 27.8. The third kappa shape index (κ3) is 4.45. The molecule has 1 aromatic rings. The average Bonchev–Trinajstić information content (AvgIpc) is 2.60. The number of hydrogen-bond acceptors (Lipinski definition) is 4. The van der Waals surface area contributed by atoms with Crippen LogP contribution in [0.1, 0.15) is 24.3 Å². The summed E-state index contributed by atoms with van der Waals surface area (Å²) in [6.45, 7) is 2.13. The number of ether oxygens (including phenoxy) is 2. The first-order chi connectivity index (χ1) is 13.7. The quantitative estimate of drug-likeness (QED) is 0.718. The molecule has 0 aromatic heterocycles. The Morgan fingerprint density at radius 1 is 1.21 bits per heavy atom. The van der Waals surface area contributed by atoms with Crippen LogP contribution in [0.25, 0.3) is 0 Å². The summed E-state index contributed by atoms with van der Waals surface area (Å²) in [5.74, 6) is -0.298. The molecule has 0 radical (unpaired) electrons. The monoisotopic (exact) mass is 432 g/mol. The molecule has 6 nitrogen and oxygen atoms in total. The first-order valence-electron chi connectivity index (χ1n) is 9.42. The van der Waals surface area contributed by atoms with Gasteiger partial charge in [-0.3, -0.25) is 4.79 Å². The van der Waals surface area contributed by atoms with Crippen molar-refractivity contribution < 1.29 is 32.2 Å². The Kier molecular flexibility index (Phi) is 5.37. The van der Waals surface area contributed by atoms with Crippen molar-refractivity contribution >= 4 is 23.4 Å². The highest BCUT2D eigenvalue weighted by Crippen LogP contribution is 2.36. The van der Waals surface area contributed by atoms with E-state index < -0.39 is 6.36 Å². The molecule has 158 valence electrons. The van der Waals surface area contributed by atoms with Crippen LogP contribution in [-0.4, -0.2) is 66.9 Å². The number of likely N-dealkylation sites (tertiary alicyclic amines) is 2. The Hall–Kier alpha value is -2.00. The molecule has 0 N–H and O–H groups in total. The molecular formula is C19H20ClF3N2O4. The number of nitrogens with zero attached hydrogens (tertiary/aromatic N) is 2. The van der Waals surface area contributed by atoms with E-state index in [1.165, 1.54) is 12.1 Å². The largest absolute Gasteiger partial charge is 0.573 e. The fourth-order valence-electron chi connectivity index (χ4n) is 4.22. The third-order valence-corrected chi connectivity index (χ3v) is 6.01. The van der Waals surface area contributed by atoms with Gasteiger partial charge in [-0.05, 0) is 24.1 Å². The topological polar surface area (TPSA) is 59.1 Å². The fourth-order valence-corrected chi connectivity index (χ4v) is 4.54. The molecule has 1 aromatic carbocycles. The number of Topliss-reactive ketones (excluding diaryl/α,β-unsaturated/α-hetero) is 1. The summed E-state index contributed by atoms with van der Waals surface area (Å²) >= 11 is 6.12. The van der Waals surface area contributed by atoms with Gasteiger partial charge in [0, 0.05) is 49.5 Å². The van der Waals surface area contributed by atoms with Gasteiger partial charge in [0.2, 0.25) is 0 Å². The standard InChI is InChI=1S/C19H20ClF3N2O4/c20-16-6-14(29-19(21,22)23)1-2-15(16)12-8-25(9-12)18(27)24-4-3-17-11(7-24)5-13(26)10-28-17/h1-2,6,11-12,17H,3-5,7-10H2/t11-,17+/m1/s1. The fraction of sp³-hybridized carbons (Fsp3) is 0.579. The minimum Gasteiger partial charge on any atom is -0.406 e. The molecule has 3 aliphatic heterocycles. The smallest absolute Gasteiger partial charge is 0.406 e. The second-order valence-corrected chi connectivity index (χ2v) is 8.11. The molecule has 2 atom stereocenters. The Morgan fingerprint density at radius 2 is 1.97 bits per heavy atom. The zero-order chi connectivity index (χ0) is 20.8. The maximum atomic E-state index is 12.8. The van der Waals surface area contributed by atoms with Gasteiger partial charge in [-0.25, -0.2) is 4.79 Å². The Morgan fingerprint density at radius 3 is 2.66 bits per heavy atom. The van der Waals surface area contributed by atoms with E-state index in [1.807, 2.05) is 0 Å². The number of hydrogen-bond donors (Lipinski definition) is 0. The minimum atomic E-state index is -4.77. The maximum Gasteiger partial charge on any atom is 0.573 e. The van der Waals surface area contributed by atoms with Gasteiger partial charge >= 0.3 is 12.4 Å². The van der Waals surface area contributed by atoms with Crippen LogP contribution in [0.15, 0.2) is 18.2 Å². The van der Waals surface area contributed by atoms with Crippen molar-refractivity contribution in [3.8, 4) is 5.75 Å². The summed E-state index contributed by atoms with van der Waals surface area (Å²) < 4.78 is 46.4. The lowest BCUT2D eigenvalue weighted by atomic mass is 9.87. The van der Waals surface area contributed by atoms with Crippen LogP contribution in [0.5, 0.6) is 5.75 Å². The minimum absolute atomic E-state index is 0.0384. The van der Waals surface area contributed by atoms with E-state index in [2.05, 4.69) is 4.74 Å². The Balaban J connectivity index is 1.33. The predicted octanol–water partition coefficient (Wildman–Crippen LogP) is 3.44. The normalized spacial score (nSPS) is 25.4. The molecule has 0 aliphatic carbocycles. The number of ketones is 1. The maximum absolute atomic E-state index is 12.8. The van der Waals surface area contributed by atoms with Crippen LogP contribution in [0.3, 0.4) is 0 Å². The van der Waals surface area contributed by atoms with Crippen molar-refractivity contribution in [1.29, 1.82) is 0 Å². The lowest BCUT2D eigenvalue weighted by molar-refractivity contribution is -0.274. The number of rotatable bonds is 2. The number of piperidine rings is 1. The second kappa shape index (κ2) is 7.68. The lowest BCUT2D eigenvalue weighted by Crippen LogP contribution is -2.58. The molecular weight excluding hydrogens is 413 g/mol. The van der Waals surface area contributed by atoms with Crippen molar-refractivity contribution in [2.75, 3.05) is 32.8 Å². The van der Waals surface area contributed by atoms with Crippen molar-refractivity contribution in [2.45, 2.75) is 31.2 Å². The molecule has 0 saturated carbocycles. The van der Waals surface area contributed by atoms with E-state index in [0.717, 1.165) is 6.07 Å². The Labute approximate surface area is 170 Å². The van der Waals surface area contributed by atoms with E-state index in [1.54, 1.807) is 9.80 Å². The molecule has 3 aliphatic rings. The second-order valence-electron chi connectivity index (χ2n) is 7.70. The average molecular weight is 433 g/mol. The summed E-state index contributed by atoms with van der Waals surface area (Å²) in [7, 11) is 0. The third-order valence-electron chi connectivity index (χ3n) is 5.68. The van der Waals surface area contributed by atoms with Gasteiger partial charge in [0.15, 0.2) is 5.78 Å². The molecule has 3 saturated heterocycles. The van der Waals surface area contributed by atoms with Crippen LogP contribution in [-0.2, 0) is 9.53 Å². The van der Waals surface area contributed by atoms with E-state index in [4.69, 9.17) is 16.3 Å². The van der Waals surface area contributed by atoms with Gasteiger partial charge in [0.1, 0.15) is 12.4 Å². The van der Waals surface area contributed by atoms with Gasteiger partial charge in [-0.1, -0.05) is 17.7 Å². The highest BCUT2D eigenvalue weighted by atomic mass is 35.5. The van der Waals surface area contributed by atoms with Gasteiger partial charge in [0.05, 0.1) is 6.10 Å². The molecule has 3 heterocycles. The number of urea groups is 1. The van der Waals surface area contributed by atoms with Crippen LogP contribution in [0, 0.1) is 5.92 Å². The molecule has 0 spiro atoms. The zero-order valence-electron chi connectivity index (χ0n) is 15.5. The number of amides is 2. The summed E-state index contributed by atoms with van der Waals surface area (Å²) in [5, 5.41) is 0.183. The van der Waals surface area contributed by atoms with E-state index in [-0.39, 0.29) is 47.1 Å². The van der Waals surface area contributed by atoms with Crippen molar-refractivity contribution in [2.24, 2.45) is 5.92 Å². The first-order valence-corrected chi connectivity index (χ1v) is 9.80. The van der Waals surface area contributed by atoms with Crippen molar-refractivity contribution in [3.05, 3.63) is 28.8 Å². The SMILES string of the molecule is O=C1CO[C@H]2CCN(C(=O)N3CC(c4ccc(OC(F)(F)F)cc4Cl)C3)C[C@H]2C1. The highest BCUT2D eigenvalue weighted by Gasteiger charge is 2.41. The number of carbonyl (C=O) groups excluding carboxylic acids is 2. The van der Waals surface area contributed by atoms with Gasteiger partial charge in [0.25, 0.3) is 0 Å². The van der Waals surface area contributed by atoms with Gasteiger partial charge in [-0.2, -0.15) is 0 Å². The van der Waals surface area contributed by atoms with E-state index >= 15 is 0 Å². The van der Waals surface area contributed by atoms with Crippen LogP contribution < -0.4 is 4.74 Å². The highest BCUT2D eigenvalue weighted by molar-refractivity contribution is 6.31. The molecule has 2 amide bonds. The zero-order valence-corrected chi connectivity index (χ0v) is 16.2. The summed E-state index contributed by atoms with van der Waals surface area (Å²) in [6, 6.07) is 3.78. The first kappa shape index (κ1) is 20.3. The van der Waals surface area contributed by atoms with Crippen LogP contribution in [0.2, 0.25) is 5.02 Å². The number of benzene rings is 1. The van der Waals surface area contributed by atoms with Crippen LogP contribution in [0.4, 0.5) is 18.0 Å². The Bertz CT molecular complexity index is 813. The summed E-state index contributed by atoms with van der Waals surface area (Å²) in [6.07, 6.45) is -3.57. The van der Waals surface area contributed by atoms with Crippen molar-refractivity contribution in [1.82, 2.24) is 9.80 Å². The summed E-state index contributed by atoms with van der Waals surface area (Å²) in [5.41, 5.74) is 0.690. The molecule has 0 unspecified atom stereocenters. The molecule has 10 heteroatoms. The number of fused-ring (bicyclic) bond motifs is 1. The van der Waals surface area contributed by atoms with Crippen LogP contribution >= 0.6 is 11.6 Å². The number of alkyl halides is 3. The molecule has 29 heavy (non-hydrogen) atoms. The van der Waals surface area contributed by atoms with E-state index in [9.17, 15) is 22.8 Å². The number of halogens is 4. The van der Waals surface area contributed by atoms with Crippen molar-refractivity contribution in [3.63, 3.8) is 0 Å². The lowest BCUT2D eigenvalue weighted by Gasteiger charge is -2.46. The van der Waals surface area contributed by atoms with Gasteiger partial charge < -0.3 is 19.3 Å². The molecule has 0 bridgehead atoms. The van der Waals surface area contributed by atoms with E-state index in [0.29, 0.717) is 44.6 Å². The molecule has 3 fully saturated rings. The van der Waals surface area contributed by atoms with Gasteiger partial charge in [-0.15, -0.1) is 13.2 Å². The number of carbonyl (C=O) groups is 2. The predicted molar refractivity (Wildman–Crippen MR) is 96.9 cm³/mol. The molecule has 4 rings (SSSR count).